The molecule has 19 heavy (non-hydrogen) atoms. The highest BCUT2D eigenvalue weighted by Gasteiger charge is 2.12. The number of halogens is 1. The number of nitrogens with zero attached hydrogens (tertiary/aromatic N) is 3. The minimum Gasteiger partial charge on any atom is -0.322 e. The molecule has 5 heteroatoms. The first-order chi connectivity index (χ1) is 9.19. The molecule has 0 amide bonds. The van der Waals surface area contributed by atoms with Crippen molar-refractivity contribution in [2.24, 2.45) is 0 Å². The summed E-state index contributed by atoms with van der Waals surface area (Å²) in [5, 5.41) is 0. The van der Waals surface area contributed by atoms with E-state index < -0.39 is 0 Å². The molecule has 98 valence electrons. The van der Waals surface area contributed by atoms with Gasteiger partial charge in [0.2, 0.25) is 0 Å². The zero-order valence-electron chi connectivity index (χ0n) is 10.9. The Morgan fingerprint density at radius 1 is 1.32 bits per heavy atom. The Hall–Kier alpha value is -1.39. The van der Waals surface area contributed by atoms with Crippen molar-refractivity contribution in [3.05, 3.63) is 45.7 Å². The fourth-order valence-corrected chi connectivity index (χ4v) is 3.15. The van der Waals surface area contributed by atoms with Crippen LogP contribution in [0.2, 0.25) is 0 Å². The van der Waals surface area contributed by atoms with E-state index >= 15 is 0 Å². The molecule has 0 unspecified atom stereocenters. The Bertz CT molecular complexity index is 729. The number of alkyl halides is 1. The van der Waals surface area contributed by atoms with Gasteiger partial charge in [0.1, 0.15) is 5.82 Å². The average Bonchev–Trinajstić information content (AvgIpc) is 2.95. The summed E-state index contributed by atoms with van der Waals surface area (Å²) in [5.41, 5.74) is 6.35. The van der Waals surface area contributed by atoms with Gasteiger partial charge in [0.15, 0.2) is 0 Å². The molecule has 0 aliphatic carbocycles. The molecule has 0 saturated carbocycles. The van der Waals surface area contributed by atoms with Gasteiger partial charge in [-0.25, -0.2) is 9.97 Å². The van der Waals surface area contributed by atoms with Gasteiger partial charge in [-0.2, -0.15) is 0 Å². The van der Waals surface area contributed by atoms with E-state index in [2.05, 4.69) is 39.7 Å². The van der Waals surface area contributed by atoms with E-state index in [1.54, 1.807) is 11.3 Å². The van der Waals surface area contributed by atoms with Crippen molar-refractivity contribution in [3.63, 3.8) is 0 Å². The summed E-state index contributed by atoms with van der Waals surface area (Å²) in [7, 11) is 0. The van der Waals surface area contributed by atoms with Crippen LogP contribution in [-0.4, -0.2) is 14.5 Å². The topological polar surface area (TPSA) is 30.7 Å². The van der Waals surface area contributed by atoms with Crippen molar-refractivity contribution in [2.45, 2.75) is 26.3 Å². The van der Waals surface area contributed by atoms with E-state index in [1.807, 2.05) is 12.4 Å². The second-order valence-electron chi connectivity index (χ2n) is 4.60. The lowest BCUT2D eigenvalue weighted by Gasteiger charge is -2.07. The molecule has 2 aromatic heterocycles. The molecular formula is C14H14ClN3S. The first-order valence-corrected chi connectivity index (χ1v) is 7.51. The lowest BCUT2D eigenvalue weighted by molar-refractivity contribution is 0.783. The van der Waals surface area contributed by atoms with Crippen LogP contribution >= 0.6 is 22.9 Å². The Kier molecular flexibility index (Phi) is 3.29. The van der Waals surface area contributed by atoms with Gasteiger partial charge in [0.05, 0.1) is 34.7 Å². The second kappa shape index (κ2) is 4.94. The molecule has 0 fully saturated rings. The SMILES string of the molecule is Cc1ccc2nc(CCl)n(Cc3scnc3C)c2c1. The molecule has 0 bridgehead atoms. The lowest BCUT2D eigenvalue weighted by Crippen LogP contribution is -2.03. The maximum Gasteiger partial charge on any atom is 0.125 e. The summed E-state index contributed by atoms with van der Waals surface area (Å²) >= 11 is 7.70. The highest BCUT2D eigenvalue weighted by Crippen LogP contribution is 2.22. The van der Waals surface area contributed by atoms with Crippen LogP contribution in [0.1, 0.15) is 22.0 Å². The van der Waals surface area contributed by atoms with E-state index in [0.717, 1.165) is 29.1 Å². The van der Waals surface area contributed by atoms with Crippen LogP contribution in [0.25, 0.3) is 11.0 Å². The van der Waals surface area contributed by atoms with Crippen molar-refractivity contribution in [1.82, 2.24) is 14.5 Å². The number of fused-ring (bicyclic) bond motifs is 1. The van der Waals surface area contributed by atoms with Crippen molar-refractivity contribution < 1.29 is 0 Å². The summed E-state index contributed by atoms with van der Waals surface area (Å²) < 4.78 is 2.19. The number of hydrogen-bond donors (Lipinski definition) is 0. The maximum atomic E-state index is 6.03. The van der Waals surface area contributed by atoms with Crippen molar-refractivity contribution in [3.8, 4) is 0 Å². The molecule has 1 aromatic carbocycles. The van der Waals surface area contributed by atoms with E-state index in [4.69, 9.17) is 11.6 Å². The Balaban J connectivity index is 2.15. The smallest absolute Gasteiger partial charge is 0.125 e. The predicted molar refractivity (Wildman–Crippen MR) is 80.0 cm³/mol. The fourth-order valence-electron chi connectivity index (χ4n) is 2.18. The third-order valence-electron chi connectivity index (χ3n) is 3.25. The van der Waals surface area contributed by atoms with Crippen molar-refractivity contribution >= 4 is 34.0 Å². The van der Waals surface area contributed by atoms with Gasteiger partial charge >= 0.3 is 0 Å². The predicted octanol–water partition coefficient (Wildman–Crippen LogP) is 3.90. The maximum absolute atomic E-state index is 6.03. The van der Waals surface area contributed by atoms with Crippen LogP contribution < -0.4 is 0 Å². The molecule has 3 nitrogen and oxygen atoms in total. The summed E-state index contributed by atoms with van der Waals surface area (Å²) in [5.74, 6) is 1.33. The van der Waals surface area contributed by atoms with E-state index in [1.165, 1.54) is 10.4 Å². The Morgan fingerprint density at radius 3 is 2.84 bits per heavy atom. The summed E-state index contributed by atoms with van der Waals surface area (Å²) in [6.07, 6.45) is 0. The molecule has 3 rings (SSSR count). The highest BCUT2D eigenvalue weighted by molar-refractivity contribution is 7.09. The first kappa shape index (κ1) is 12.6. The van der Waals surface area contributed by atoms with E-state index in [0.29, 0.717) is 5.88 Å². The van der Waals surface area contributed by atoms with Crippen LogP contribution in [0.15, 0.2) is 23.7 Å². The number of hydrogen-bond acceptors (Lipinski definition) is 3. The molecule has 3 aromatic rings. The van der Waals surface area contributed by atoms with E-state index in [9.17, 15) is 0 Å². The minimum atomic E-state index is 0.422. The first-order valence-electron chi connectivity index (χ1n) is 6.09. The van der Waals surface area contributed by atoms with Gasteiger partial charge < -0.3 is 4.57 Å². The minimum absolute atomic E-state index is 0.422. The number of thiazole rings is 1. The zero-order valence-corrected chi connectivity index (χ0v) is 12.4. The molecule has 0 atom stereocenters. The second-order valence-corrected chi connectivity index (χ2v) is 5.81. The lowest BCUT2D eigenvalue weighted by atomic mass is 10.2. The van der Waals surface area contributed by atoms with Crippen molar-refractivity contribution in [2.75, 3.05) is 0 Å². The standard InChI is InChI=1S/C14H14ClN3S/c1-9-3-4-11-12(5-9)18(14(6-15)17-11)7-13-10(2)16-8-19-13/h3-5,8H,6-7H2,1-2H3. The number of imidazole rings is 1. The number of benzene rings is 1. The normalized spacial score (nSPS) is 11.3. The van der Waals surface area contributed by atoms with Crippen LogP contribution in [-0.2, 0) is 12.4 Å². The van der Waals surface area contributed by atoms with Gasteiger partial charge in [0.25, 0.3) is 0 Å². The molecule has 0 spiro atoms. The molecular weight excluding hydrogens is 278 g/mol. The summed E-state index contributed by atoms with van der Waals surface area (Å²) in [6, 6.07) is 6.29. The van der Waals surface area contributed by atoms with Crippen LogP contribution in [0.5, 0.6) is 0 Å². The van der Waals surface area contributed by atoms with Gasteiger partial charge in [-0.05, 0) is 31.5 Å². The third kappa shape index (κ3) is 2.26. The molecule has 0 radical (unpaired) electrons. The number of aromatic nitrogens is 3. The van der Waals surface area contributed by atoms with Crippen molar-refractivity contribution in [1.29, 1.82) is 0 Å². The van der Waals surface area contributed by atoms with Crippen LogP contribution in [0.4, 0.5) is 0 Å². The monoisotopic (exact) mass is 291 g/mol. The van der Waals surface area contributed by atoms with Gasteiger partial charge in [-0.15, -0.1) is 22.9 Å². The van der Waals surface area contributed by atoms with E-state index in [-0.39, 0.29) is 0 Å². The molecule has 0 aliphatic heterocycles. The average molecular weight is 292 g/mol. The number of rotatable bonds is 3. The van der Waals surface area contributed by atoms with Crippen LogP contribution in [0, 0.1) is 13.8 Å². The summed E-state index contributed by atoms with van der Waals surface area (Å²) in [4.78, 5) is 10.2. The highest BCUT2D eigenvalue weighted by atomic mass is 35.5. The zero-order chi connectivity index (χ0) is 13.4. The summed E-state index contributed by atoms with van der Waals surface area (Å²) in [6.45, 7) is 4.92. The van der Waals surface area contributed by atoms with Gasteiger partial charge in [-0.1, -0.05) is 6.07 Å². The van der Waals surface area contributed by atoms with Gasteiger partial charge in [-0.3, -0.25) is 0 Å². The quantitative estimate of drug-likeness (QED) is 0.685. The van der Waals surface area contributed by atoms with Crippen LogP contribution in [0.3, 0.4) is 0 Å². The third-order valence-corrected chi connectivity index (χ3v) is 4.41. The molecule has 0 saturated heterocycles. The van der Waals surface area contributed by atoms with Gasteiger partial charge in [0, 0.05) is 4.88 Å². The Labute approximate surface area is 120 Å². The molecule has 0 aliphatic rings. The largest absolute Gasteiger partial charge is 0.322 e. The number of aryl methyl sites for hydroxylation is 2. The fraction of sp³-hybridized carbons (Fsp3) is 0.286. The molecule has 2 heterocycles. The Morgan fingerprint density at radius 2 is 2.16 bits per heavy atom. The molecule has 0 N–H and O–H groups in total.